The van der Waals surface area contributed by atoms with Crippen molar-refractivity contribution >= 4 is 39.1 Å². The van der Waals surface area contributed by atoms with E-state index < -0.39 is 10.0 Å². The van der Waals surface area contributed by atoms with Gasteiger partial charge in [-0.25, -0.2) is 8.42 Å². The second-order valence-corrected chi connectivity index (χ2v) is 9.44. The first kappa shape index (κ1) is 21.0. The summed E-state index contributed by atoms with van der Waals surface area (Å²) in [4.78, 5) is 12.7. The van der Waals surface area contributed by atoms with Gasteiger partial charge in [0, 0.05) is 11.4 Å². The van der Waals surface area contributed by atoms with Gasteiger partial charge < -0.3 is 5.32 Å². The number of anilines is 2. The Balaban J connectivity index is 1.61. The molecular weight excluding hydrogens is 404 g/mol. The van der Waals surface area contributed by atoms with Gasteiger partial charge in [0.05, 0.1) is 15.8 Å². The average molecular weight is 427 g/mol. The molecule has 3 aromatic rings. The lowest BCUT2D eigenvalue weighted by Crippen LogP contribution is -2.22. The highest BCUT2D eigenvalue weighted by Crippen LogP contribution is 2.22. The maximum absolute atomic E-state index is 12.5. The van der Waals surface area contributed by atoms with Crippen LogP contribution in [0.2, 0.25) is 0 Å². The zero-order valence-electron chi connectivity index (χ0n) is 15.9. The number of sulfonamides is 1. The molecule has 0 heterocycles. The van der Waals surface area contributed by atoms with Crippen LogP contribution in [0.3, 0.4) is 0 Å². The zero-order valence-corrected chi connectivity index (χ0v) is 17.5. The molecule has 3 aromatic carbocycles. The van der Waals surface area contributed by atoms with Crippen LogP contribution in [-0.2, 0) is 20.6 Å². The summed E-state index contributed by atoms with van der Waals surface area (Å²) in [5.41, 5.74) is 2.08. The smallest absolute Gasteiger partial charge is 0.261 e. The molecule has 0 saturated heterocycles. The van der Waals surface area contributed by atoms with Crippen LogP contribution in [0.4, 0.5) is 11.4 Å². The number of carbonyl (C=O) groups excluding carboxylic acids is 1. The standard InChI is InChI=1S/C22H22N2O3S2/c1-17(28-16-18-9-4-2-5-10-18)22(25)23-19-11-8-12-20(15-19)24-29(26,27)21-13-6-3-7-14-21/h2-15,17,24H,16H2,1H3,(H,23,25). The van der Waals surface area contributed by atoms with Crippen LogP contribution < -0.4 is 10.0 Å². The fraction of sp³-hybridized carbons (Fsp3) is 0.136. The van der Waals surface area contributed by atoms with E-state index in [0.717, 1.165) is 11.3 Å². The lowest BCUT2D eigenvalue weighted by Gasteiger charge is -2.13. The molecule has 29 heavy (non-hydrogen) atoms. The van der Waals surface area contributed by atoms with Crippen molar-refractivity contribution < 1.29 is 13.2 Å². The second-order valence-electron chi connectivity index (χ2n) is 6.43. The molecule has 5 nitrogen and oxygen atoms in total. The molecule has 0 spiro atoms. The van der Waals surface area contributed by atoms with Crippen molar-refractivity contribution in [3.05, 3.63) is 90.5 Å². The van der Waals surface area contributed by atoms with E-state index in [0.29, 0.717) is 11.4 Å². The fourth-order valence-electron chi connectivity index (χ4n) is 2.59. The minimum atomic E-state index is -3.68. The third kappa shape index (κ3) is 6.10. The van der Waals surface area contributed by atoms with Crippen LogP contribution in [0.1, 0.15) is 12.5 Å². The average Bonchev–Trinajstić information content (AvgIpc) is 2.73. The number of hydrogen-bond donors (Lipinski definition) is 2. The summed E-state index contributed by atoms with van der Waals surface area (Å²) in [6, 6.07) is 24.8. The van der Waals surface area contributed by atoms with Gasteiger partial charge in [0.25, 0.3) is 10.0 Å². The number of hydrogen-bond acceptors (Lipinski definition) is 4. The van der Waals surface area contributed by atoms with Crippen LogP contribution in [0.25, 0.3) is 0 Å². The molecule has 0 radical (unpaired) electrons. The Morgan fingerprint density at radius 3 is 2.21 bits per heavy atom. The van der Waals surface area contributed by atoms with Crippen molar-refractivity contribution in [1.29, 1.82) is 0 Å². The van der Waals surface area contributed by atoms with E-state index in [1.54, 1.807) is 54.2 Å². The highest BCUT2D eigenvalue weighted by molar-refractivity contribution is 7.99. The Kier molecular flexibility index (Phi) is 6.95. The lowest BCUT2D eigenvalue weighted by atomic mass is 10.2. The van der Waals surface area contributed by atoms with Gasteiger partial charge in [-0.2, -0.15) is 0 Å². The molecule has 2 N–H and O–H groups in total. The topological polar surface area (TPSA) is 75.3 Å². The predicted molar refractivity (Wildman–Crippen MR) is 120 cm³/mol. The van der Waals surface area contributed by atoms with Crippen LogP contribution in [0.15, 0.2) is 89.8 Å². The van der Waals surface area contributed by atoms with Gasteiger partial charge in [-0.05, 0) is 42.8 Å². The molecule has 3 rings (SSSR count). The fourth-order valence-corrected chi connectivity index (χ4v) is 4.50. The Labute approximate surface area is 175 Å². The molecule has 150 valence electrons. The van der Waals surface area contributed by atoms with E-state index in [4.69, 9.17) is 0 Å². The highest BCUT2D eigenvalue weighted by Gasteiger charge is 2.16. The predicted octanol–water partition coefficient (Wildman–Crippen LogP) is 4.75. The van der Waals surface area contributed by atoms with E-state index in [1.807, 2.05) is 37.3 Å². The van der Waals surface area contributed by atoms with Gasteiger partial charge in [0.2, 0.25) is 5.91 Å². The summed E-state index contributed by atoms with van der Waals surface area (Å²) >= 11 is 1.54. The van der Waals surface area contributed by atoms with E-state index in [-0.39, 0.29) is 16.1 Å². The summed E-state index contributed by atoms with van der Waals surface area (Å²) in [5.74, 6) is 0.612. The zero-order chi connectivity index (χ0) is 20.7. The second kappa shape index (κ2) is 9.62. The molecule has 1 amide bonds. The van der Waals surface area contributed by atoms with Gasteiger partial charge in [-0.15, -0.1) is 11.8 Å². The van der Waals surface area contributed by atoms with Gasteiger partial charge >= 0.3 is 0 Å². The van der Waals surface area contributed by atoms with Gasteiger partial charge in [0.15, 0.2) is 0 Å². The van der Waals surface area contributed by atoms with Crippen LogP contribution >= 0.6 is 11.8 Å². The van der Waals surface area contributed by atoms with Gasteiger partial charge in [0.1, 0.15) is 0 Å². The van der Waals surface area contributed by atoms with E-state index >= 15 is 0 Å². The summed E-state index contributed by atoms with van der Waals surface area (Å²) in [7, 11) is -3.68. The van der Waals surface area contributed by atoms with Crippen molar-refractivity contribution in [2.24, 2.45) is 0 Å². The number of amides is 1. The maximum atomic E-state index is 12.5. The first-order chi connectivity index (χ1) is 13.9. The first-order valence-corrected chi connectivity index (χ1v) is 11.6. The van der Waals surface area contributed by atoms with E-state index in [2.05, 4.69) is 10.0 Å². The lowest BCUT2D eigenvalue weighted by molar-refractivity contribution is -0.115. The SMILES string of the molecule is CC(SCc1ccccc1)C(=O)Nc1cccc(NS(=O)(=O)c2ccccc2)c1. The Hall–Kier alpha value is -2.77. The molecule has 0 aliphatic rings. The van der Waals surface area contributed by atoms with E-state index in [9.17, 15) is 13.2 Å². The van der Waals surface area contributed by atoms with Crippen molar-refractivity contribution in [1.82, 2.24) is 0 Å². The highest BCUT2D eigenvalue weighted by atomic mass is 32.2. The monoisotopic (exact) mass is 426 g/mol. The van der Waals surface area contributed by atoms with Gasteiger partial charge in [-0.1, -0.05) is 54.6 Å². The molecule has 0 aliphatic carbocycles. The summed E-state index contributed by atoms with van der Waals surface area (Å²) in [6.07, 6.45) is 0. The Morgan fingerprint density at radius 1 is 0.897 bits per heavy atom. The molecule has 0 aromatic heterocycles. The Bertz CT molecular complexity index is 1060. The summed E-state index contributed by atoms with van der Waals surface area (Å²) in [6.45, 7) is 1.85. The minimum Gasteiger partial charge on any atom is -0.325 e. The summed E-state index contributed by atoms with van der Waals surface area (Å²) < 4.78 is 27.5. The quantitative estimate of drug-likeness (QED) is 0.545. The van der Waals surface area contributed by atoms with Crippen molar-refractivity contribution in [3.63, 3.8) is 0 Å². The molecule has 0 bridgehead atoms. The largest absolute Gasteiger partial charge is 0.325 e. The molecule has 0 fully saturated rings. The molecule has 1 atom stereocenters. The van der Waals surface area contributed by atoms with Crippen molar-refractivity contribution in [2.45, 2.75) is 22.8 Å². The third-order valence-corrected chi connectivity index (χ3v) is 6.76. The minimum absolute atomic E-state index is 0.131. The number of nitrogens with one attached hydrogen (secondary N) is 2. The van der Waals surface area contributed by atoms with Crippen molar-refractivity contribution in [3.8, 4) is 0 Å². The van der Waals surface area contributed by atoms with Crippen LogP contribution in [-0.4, -0.2) is 19.6 Å². The van der Waals surface area contributed by atoms with Crippen LogP contribution in [0.5, 0.6) is 0 Å². The number of rotatable bonds is 8. The molecule has 1 unspecified atom stereocenters. The van der Waals surface area contributed by atoms with Gasteiger partial charge in [-0.3, -0.25) is 9.52 Å². The van der Waals surface area contributed by atoms with Crippen LogP contribution in [0, 0.1) is 0 Å². The Morgan fingerprint density at radius 2 is 1.52 bits per heavy atom. The van der Waals surface area contributed by atoms with Crippen molar-refractivity contribution in [2.75, 3.05) is 10.0 Å². The first-order valence-electron chi connectivity index (χ1n) is 9.08. The number of carbonyl (C=O) groups is 1. The normalized spacial score (nSPS) is 12.2. The maximum Gasteiger partial charge on any atom is 0.261 e. The molecule has 0 aliphatic heterocycles. The number of thioether (sulfide) groups is 1. The molecular formula is C22H22N2O3S2. The third-order valence-electron chi connectivity index (χ3n) is 4.15. The molecule has 7 heteroatoms. The molecule has 0 saturated carbocycles. The number of benzene rings is 3. The van der Waals surface area contributed by atoms with E-state index in [1.165, 1.54) is 12.1 Å². The summed E-state index contributed by atoms with van der Waals surface area (Å²) in [5, 5.41) is 2.60.